The molecule has 72 valence electrons. The fraction of sp³-hybridized carbons (Fsp3) is 0.875. The minimum atomic E-state index is -0.799. The van der Waals surface area contributed by atoms with Crippen molar-refractivity contribution in [3.8, 4) is 0 Å². The van der Waals surface area contributed by atoms with Crippen molar-refractivity contribution < 1.29 is 14.3 Å². The third kappa shape index (κ3) is 4.04. The summed E-state index contributed by atoms with van der Waals surface area (Å²) in [5.41, 5.74) is 0. The van der Waals surface area contributed by atoms with Gasteiger partial charge in [-0.2, -0.15) is 0 Å². The van der Waals surface area contributed by atoms with E-state index in [1.54, 1.807) is 20.8 Å². The van der Waals surface area contributed by atoms with Gasteiger partial charge in [-0.3, -0.25) is 4.79 Å². The van der Waals surface area contributed by atoms with Crippen LogP contribution in [0.1, 0.15) is 20.8 Å². The van der Waals surface area contributed by atoms with E-state index in [1.165, 1.54) is 0 Å². The number of alkyl halides is 1. The second kappa shape index (κ2) is 6.40. The van der Waals surface area contributed by atoms with Crippen molar-refractivity contribution in [3.05, 3.63) is 0 Å². The topological polar surface area (TPSA) is 35.5 Å². The smallest absolute Gasteiger partial charge is 0.219 e. The minimum absolute atomic E-state index is 0.222. The maximum atomic E-state index is 11.2. The summed E-state index contributed by atoms with van der Waals surface area (Å²) in [5, 5.41) is -0.562. The Labute approximate surface area is 78.0 Å². The summed E-state index contributed by atoms with van der Waals surface area (Å²) in [6, 6.07) is 0. The summed E-state index contributed by atoms with van der Waals surface area (Å²) in [7, 11) is 0. The van der Waals surface area contributed by atoms with E-state index in [-0.39, 0.29) is 5.78 Å². The Bertz CT molecular complexity index is 130. The summed E-state index contributed by atoms with van der Waals surface area (Å²) in [5.74, 6) is -0.222. The largest absolute Gasteiger partial charge is 0.346 e. The van der Waals surface area contributed by atoms with Gasteiger partial charge in [-0.05, 0) is 20.8 Å². The molecule has 0 rings (SSSR count). The van der Waals surface area contributed by atoms with Crippen LogP contribution in [0.3, 0.4) is 0 Å². The Morgan fingerprint density at radius 3 is 2.00 bits per heavy atom. The Morgan fingerprint density at radius 1 is 1.33 bits per heavy atom. The summed E-state index contributed by atoms with van der Waals surface area (Å²) in [6.07, 6.45) is -0.799. The fourth-order valence-corrected chi connectivity index (χ4v) is 0.806. The molecule has 0 aliphatic heterocycles. The lowest BCUT2D eigenvalue weighted by atomic mass is 10.3. The molecule has 12 heavy (non-hydrogen) atoms. The molecule has 0 aliphatic carbocycles. The highest BCUT2D eigenvalue weighted by atomic mass is 35.5. The van der Waals surface area contributed by atoms with Gasteiger partial charge in [0.25, 0.3) is 0 Å². The molecule has 0 amide bonds. The number of hydrogen-bond acceptors (Lipinski definition) is 3. The quantitative estimate of drug-likeness (QED) is 0.476. The number of halogens is 1. The minimum Gasteiger partial charge on any atom is -0.346 e. The highest BCUT2D eigenvalue weighted by Crippen LogP contribution is 2.05. The predicted octanol–water partition coefficient (Wildman–Crippen LogP) is 1.58. The number of rotatable bonds is 6. The molecule has 0 saturated heterocycles. The van der Waals surface area contributed by atoms with E-state index < -0.39 is 11.7 Å². The van der Waals surface area contributed by atoms with Gasteiger partial charge in [-0.25, -0.2) is 0 Å². The molecule has 1 unspecified atom stereocenters. The zero-order valence-electron chi connectivity index (χ0n) is 7.67. The van der Waals surface area contributed by atoms with Crippen LogP contribution in [-0.4, -0.2) is 30.7 Å². The fourth-order valence-electron chi connectivity index (χ4n) is 0.703. The van der Waals surface area contributed by atoms with Crippen LogP contribution in [0.25, 0.3) is 0 Å². The summed E-state index contributed by atoms with van der Waals surface area (Å²) >= 11 is 5.58. The van der Waals surface area contributed by atoms with E-state index in [0.29, 0.717) is 13.2 Å². The number of hydrogen-bond donors (Lipinski definition) is 0. The summed E-state index contributed by atoms with van der Waals surface area (Å²) in [6.45, 7) is 6.10. The van der Waals surface area contributed by atoms with Crippen molar-refractivity contribution in [3.63, 3.8) is 0 Å². The van der Waals surface area contributed by atoms with Crippen LogP contribution < -0.4 is 0 Å². The van der Waals surface area contributed by atoms with Crippen LogP contribution in [0.5, 0.6) is 0 Å². The molecule has 0 aromatic rings. The molecular weight excluding hydrogens is 180 g/mol. The number of Topliss-reactive ketones (excluding diaryl/α,β-unsaturated/α-hetero) is 1. The molecular formula is C8H15ClO3. The lowest BCUT2D eigenvalue weighted by Gasteiger charge is -2.16. The predicted molar refractivity (Wildman–Crippen MR) is 47.4 cm³/mol. The molecule has 0 saturated carbocycles. The highest BCUT2D eigenvalue weighted by molar-refractivity contribution is 6.31. The molecule has 0 radical (unpaired) electrons. The maximum Gasteiger partial charge on any atom is 0.219 e. The van der Waals surface area contributed by atoms with Gasteiger partial charge in [-0.1, -0.05) is 0 Å². The van der Waals surface area contributed by atoms with Gasteiger partial charge in [0, 0.05) is 13.2 Å². The second-order valence-electron chi connectivity index (χ2n) is 2.26. The Balaban J connectivity index is 3.99. The van der Waals surface area contributed by atoms with E-state index >= 15 is 0 Å². The van der Waals surface area contributed by atoms with Crippen molar-refractivity contribution >= 4 is 17.4 Å². The maximum absolute atomic E-state index is 11.2. The third-order valence-electron chi connectivity index (χ3n) is 1.26. The monoisotopic (exact) mass is 194 g/mol. The first-order chi connectivity index (χ1) is 5.63. The van der Waals surface area contributed by atoms with Gasteiger partial charge in [0.1, 0.15) is 0 Å². The second-order valence-corrected chi connectivity index (χ2v) is 2.92. The first-order valence-electron chi connectivity index (χ1n) is 4.04. The molecule has 0 N–H and O–H groups in total. The molecule has 0 aromatic heterocycles. The number of ether oxygens (including phenoxy) is 2. The van der Waals surface area contributed by atoms with Crippen molar-refractivity contribution in [1.29, 1.82) is 0 Å². The average molecular weight is 195 g/mol. The first kappa shape index (κ1) is 11.9. The average Bonchev–Trinajstić information content (AvgIpc) is 2.03. The first-order valence-corrected chi connectivity index (χ1v) is 4.48. The standard InChI is InChI=1S/C8H15ClO3/c1-4-11-8(12-5-2)7(10)6(3)9/h6,8H,4-5H2,1-3H3. The van der Waals surface area contributed by atoms with E-state index in [9.17, 15) is 4.79 Å². The van der Waals surface area contributed by atoms with Crippen molar-refractivity contribution in [2.45, 2.75) is 32.4 Å². The Kier molecular flexibility index (Phi) is 6.34. The molecule has 3 nitrogen and oxygen atoms in total. The van der Waals surface area contributed by atoms with E-state index in [0.717, 1.165) is 0 Å². The normalized spacial score (nSPS) is 13.4. The SMILES string of the molecule is CCOC(OCC)C(=O)C(C)Cl. The van der Waals surface area contributed by atoms with Gasteiger partial charge in [-0.15, -0.1) is 11.6 Å². The number of ketones is 1. The van der Waals surface area contributed by atoms with Crippen molar-refractivity contribution in [2.24, 2.45) is 0 Å². The lowest BCUT2D eigenvalue weighted by Crippen LogP contribution is -2.32. The van der Waals surface area contributed by atoms with E-state index in [4.69, 9.17) is 21.1 Å². The van der Waals surface area contributed by atoms with Gasteiger partial charge in [0.2, 0.25) is 12.1 Å². The van der Waals surface area contributed by atoms with Crippen LogP contribution >= 0.6 is 11.6 Å². The molecule has 1 atom stereocenters. The molecule has 0 aliphatic rings. The van der Waals surface area contributed by atoms with Crippen LogP contribution in [0, 0.1) is 0 Å². The van der Waals surface area contributed by atoms with Crippen LogP contribution in [-0.2, 0) is 14.3 Å². The van der Waals surface area contributed by atoms with E-state index in [1.807, 2.05) is 0 Å². The molecule has 0 fully saturated rings. The van der Waals surface area contributed by atoms with E-state index in [2.05, 4.69) is 0 Å². The summed E-state index contributed by atoms with van der Waals surface area (Å²) in [4.78, 5) is 11.2. The zero-order chi connectivity index (χ0) is 9.56. The molecule has 0 aromatic carbocycles. The summed E-state index contributed by atoms with van der Waals surface area (Å²) < 4.78 is 10.1. The van der Waals surface area contributed by atoms with Crippen LogP contribution in [0.4, 0.5) is 0 Å². The third-order valence-corrected chi connectivity index (χ3v) is 1.48. The zero-order valence-corrected chi connectivity index (χ0v) is 8.43. The number of carbonyl (C=O) groups is 1. The highest BCUT2D eigenvalue weighted by Gasteiger charge is 2.22. The van der Waals surface area contributed by atoms with Gasteiger partial charge < -0.3 is 9.47 Å². The van der Waals surface area contributed by atoms with Gasteiger partial charge >= 0.3 is 0 Å². The van der Waals surface area contributed by atoms with Crippen LogP contribution in [0.15, 0.2) is 0 Å². The Morgan fingerprint density at radius 2 is 1.75 bits per heavy atom. The molecule has 0 spiro atoms. The molecule has 0 heterocycles. The van der Waals surface area contributed by atoms with Crippen molar-refractivity contribution in [1.82, 2.24) is 0 Å². The van der Waals surface area contributed by atoms with Gasteiger partial charge in [0.05, 0.1) is 5.38 Å². The Hall–Kier alpha value is -0.120. The van der Waals surface area contributed by atoms with Gasteiger partial charge in [0.15, 0.2) is 0 Å². The lowest BCUT2D eigenvalue weighted by molar-refractivity contribution is -0.167. The van der Waals surface area contributed by atoms with Crippen LogP contribution in [0.2, 0.25) is 0 Å². The van der Waals surface area contributed by atoms with Crippen molar-refractivity contribution in [2.75, 3.05) is 13.2 Å². The molecule has 4 heteroatoms. The number of carbonyl (C=O) groups excluding carboxylic acids is 1. The molecule has 0 bridgehead atoms.